The summed E-state index contributed by atoms with van der Waals surface area (Å²) in [7, 11) is 3.47. The molecule has 1 aromatic carbocycles. The van der Waals surface area contributed by atoms with Gasteiger partial charge in [0.05, 0.1) is 5.69 Å². The molecule has 0 saturated carbocycles. The van der Waals surface area contributed by atoms with Gasteiger partial charge in [-0.05, 0) is 38.4 Å². The van der Waals surface area contributed by atoms with Gasteiger partial charge in [0.25, 0.3) is 0 Å². The van der Waals surface area contributed by atoms with Gasteiger partial charge >= 0.3 is 0 Å². The molecular formula is C13H18F2N2. The molecule has 1 aliphatic rings. The van der Waals surface area contributed by atoms with Crippen molar-refractivity contribution in [3.05, 3.63) is 29.3 Å². The molecular weight excluding hydrogens is 222 g/mol. The first kappa shape index (κ1) is 12.3. The highest BCUT2D eigenvalue weighted by molar-refractivity contribution is 5.57. The Hall–Kier alpha value is -1.16. The number of hydrogen-bond donors (Lipinski definition) is 1. The molecule has 1 heterocycles. The second-order valence-corrected chi connectivity index (χ2v) is 5.01. The third kappa shape index (κ3) is 2.02. The van der Waals surface area contributed by atoms with Crippen LogP contribution in [0.3, 0.4) is 0 Å². The topological polar surface area (TPSA) is 15.3 Å². The zero-order valence-electron chi connectivity index (χ0n) is 10.5. The largest absolute Gasteiger partial charge is 0.375 e. The maximum absolute atomic E-state index is 14.1. The first-order chi connectivity index (χ1) is 7.96. The second-order valence-electron chi connectivity index (χ2n) is 5.01. The zero-order valence-corrected chi connectivity index (χ0v) is 10.5. The van der Waals surface area contributed by atoms with Crippen LogP contribution >= 0.6 is 0 Å². The summed E-state index contributed by atoms with van der Waals surface area (Å²) in [5, 5.41) is 3.28. The van der Waals surface area contributed by atoms with Crippen molar-refractivity contribution < 1.29 is 8.78 Å². The third-order valence-corrected chi connectivity index (χ3v) is 3.45. The number of nitrogens with zero attached hydrogens (tertiary/aromatic N) is 1. The van der Waals surface area contributed by atoms with Crippen molar-refractivity contribution in [3.63, 3.8) is 0 Å². The van der Waals surface area contributed by atoms with E-state index in [4.69, 9.17) is 0 Å². The van der Waals surface area contributed by atoms with Gasteiger partial charge < -0.3 is 10.2 Å². The van der Waals surface area contributed by atoms with Crippen LogP contribution in [-0.4, -0.2) is 20.6 Å². The lowest BCUT2D eigenvalue weighted by molar-refractivity contribution is 0.408. The summed E-state index contributed by atoms with van der Waals surface area (Å²) in [6, 6.07) is 2.40. The number of anilines is 1. The minimum absolute atomic E-state index is 0.341. The van der Waals surface area contributed by atoms with Gasteiger partial charge in [0.15, 0.2) is 0 Å². The van der Waals surface area contributed by atoms with E-state index in [0.717, 1.165) is 19.4 Å². The Balaban J connectivity index is 2.62. The van der Waals surface area contributed by atoms with Gasteiger partial charge in [0.2, 0.25) is 0 Å². The summed E-state index contributed by atoms with van der Waals surface area (Å²) in [5.41, 5.74) is 0.327. The average Bonchev–Trinajstić information content (AvgIpc) is 2.68. The Morgan fingerprint density at radius 1 is 1.24 bits per heavy atom. The molecule has 4 heteroatoms. The maximum atomic E-state index is 14.1. The van der Waals surface area contributed by atoms with Crippen molar-refractivity contribution in [2.24, 2.45) is 0 Å². The number of rotatable bonds is 2. The summed E-state index contributed by atoms with van der Waals surface area (Å²) >= 11 is 0. The minimum Gasteiger partial charge on any atom is -0.375 e. The quantitative estimate of drug-likeness (QED) is 0.855. The van der Waals surface area contributed by atoms with Crippen LogP contribution in [0.5, 0.6) is 0 Å². The second kappa shape index (κ2) is 4.26. The van der Waals surface area contributed by atoms with Gasteiger partial charge in [0.1, 0.15) is 11.6 Å². The van der Waals surface area contributed by atoms with Crippen LogP contribution in [0.4, 0.5) is 14.5 Å². The molecule has 0 radical (unpaired) electrons. The van der Waals surface area contributed by atoms with Crippen molar-refractivity contribution in [3.8, 4) is 0 Å². The molecule has 1 atom stereocenters. The molecule has 1 N–H and O–H groups in total. The van der Waals surface area contributed by atoms with Crippen LogP contribution in [0.25, 0.3) is 0 Å². The van der Waals surface area contributed by atoms with Crippen molar-refractivity contribution in [2.75, 3.05) is 25.5 Å². The molecule has 0 aliphatic carbocycles. The van der Waals surface area contributed by atoms with Gasteiger partial charge in [-0.25, -0.2) is 8.78 Å². The van der Waals surface area contributed by atoms with Crippen molar-refractivity contribution in [1.29, 1.82) is 0 Å². The van der Waals surface area contributed by atoms with E-state index in [1.165, 1.54) is 12.1 Å². The fourth-order valence-corrected chi connectivity index (χ4v) is 2.61. The number of hydrogen-bond acceptors (Lipinski definition) is 2. The van der Waals surface area contributed by atoms with Gasteiger partial charge in [-0.15, -0.1) is 0 Å². The summed E-state index contributed by atoms with van der Waals surface area (Å²) in [5.74, 6) is -0.715. The Labute approximate surface area is 101 Å². The zero-order chi connectivity index (χ0) is 12.6. The predicted octanol–water partition coefficient (Wildman–Crippen LogP) is 2.63. The molecule has 0 bridgehead atoms. The van der Waals surface area contributed by atoms with Crippen LogP contribution in [0.15, 0.2) is 12.1 Å². The van der Waals surface area contributed by atoms with Crippen LogP contribution in [0, 0.1) is 11.6 Å². The Morgan fingerprint density at radius 2 is 1.88 bits per heavy atom. The highest BCUT2D eigenvalue weighted by atomic mass is 19.1. The number of halogens is 2. The number of benzene rings is 1. The Kier molecular flexibility index (Phi) is 3.08. The van der Waals surface area contributed by atoms with E-state index in [9.17, 15) is 8.78 Å². The standard InChI is InChI=1S/C13H18F2N2/c1-13(7-4-8-16-13)11-9(14)5-6-10(15)12(11)17(2)3/h5-6,16H,4,7-8H2,1-3H3. The predicted molar refractivity (Wildman–Crippen MR) is 65.3 cm³/mol. The van der Waals surface area contributed by atoms with Gasteiger partial charge in [-0.2, -0.15) is 0 Å². The molecule has 1 fully saturated rings. The van der Waals surface area contributed by atoms with E-state index in [2.05, 4.69) is 5.32 Å². The molecule has 1 unspecified atom stereocenters. The van der Waals surface area contributed by atoms with Crippen molar-refractivity contribution in [1.82, 2.24) is 5.32 Å². The highest BCUT2D eigenvalue weighted by Crippen LogP contribution is 2.39. The Morgan fingerprint density at radius 3 is 2.41 bits per heavy atom. The van der Waals surface area contributed by atoms with Crippen LogP contribution in [0.1, 0.15) is 25.3 Å². The lowest BCUT2D eigenvalue weighted by Crippen LogP contribution is -2.36. The average molecular weight is 240 g/mol. The van der Waals surface area contributed by atoms with Gasteiger partial charge in [0, 0.05) is 25.2 Å². The summed E-state index contributed by atoms with van der Waals surface area (Å²) < 4.78 is 27.9. The lowest BCUT2D eigenvalue weighted by atomic mass is 9.88. The summed E-state index contributed by atoms with van der Waals surface area (Å²) in [4.78, 5) is 1.64. The van der Waals surface area contributed by atoms with Crippen LogP contribution in [0.2, 0.25) is 0 Å². The van der Waals surface area contributed by atoms with E-state index in [-0.39, 0.29) is 11.6 Å². The summed E-state index contributed by atoms with van der Waals surface area (Å²) in [6.07, 6.45) is 1.81. The highest BCUT2D eigenvalue weighted by Gasteiger charge is 2.36. The third-order valence-electron chi connectivity index (χ3n) is 3.45. The van der Waals surface area contributed by atoms with Gasteiger partial charge in [-0.1, -0.05) is 0 Å². The molecule has 0 amide bonds. The van der Waals surface area contributed by atoms with Gasteiger partial charge in [-0.3, -0.25) is 0 Å². The first-order valence-electron chi connectivity index (χ1n) is 5.86. The molecule has 1 aliphatic heterocycles. The van der Waals surface area contributed by atoms with Crippen molar-refractivity contribution >= 4 is 5.69 Å². The maximum Gasteiger partial charge on any atom is 0.147 e. The monoisotopic (exact) mass is 240 g/mol. The van der Waals surface area contributed by atoms with Crippen LogP contribution < -0.4 is 10.2 Å². The SMILES string of the molecule is CN(C)c1c(F)ccc(F)c1C1(C)CCCN1. The number of nitrogens with one attached hydrogen (secondary N) is 1. The Bertz CT molecular complexity index is 424. The fourth-order valence-electron chi connectivity index (χ4n) is 2.61. The van der Waals surface area contributed by atoms with Crippen LogP contribution in [-0.2, 0) is 5.54 Å². The lowest BCUT2D eigenvalue weighted by Gasteiger charge is -2.30. The molecule has 2 nitrogen and oxygen atoms in total. The smallest absolute Gasteiger partial charge is 0.147 e. The molecule has 2 rings (SSSR count). The molecule has 0 aromatic heterocycles. The van der Waals surface area contributed by atoms with E-state index >= 15 is 0 Å². The molecule has 0 spiro atoms. The molecule has 1 aromatic rings. The molecule has 94 valence electrons. The fraction of sp³-hybridized carbons (Fsp3) is 0.538. The first-order valence-corrected chi connectivity index (χ1v) is 5.86. The molecule has 1 saturated heterocycles. The molecule has 17 heavy (non-hydrogen) atoms. The van der Waals surface area contributed by atoms with E-state index in [0.29, 0.717) is 11.3 Å². The van der Waals surface area contributed by atoms with E-state index in [1.807, 2.05) is 6.92 Å². The van der Waals surface area contributed by atoms with Crippen molar-refractivity contribution in [2.45, 2.75) is 25.3 Å². The minimum atomic E-state index is -0.466. The summed E-state index contributed by atoms with van der Waals surface area (Å²) in [6.45, 7) is 2.78. The normalized spacial score (nSPS) is 24.1. The van der Waals surface area contributed by atoms with E-state index < -0.39 is 5.54 Å². The van der Waals surface area contributed by atoms with E-state index in [1.54, 1.807) is 19.0 Å².